The van der Waals surface area contributed by atoms with Gasteiger partial charge >= 0.3 is 5.97 Å². The van der Waals surface area contributed by atoms with Crippen LogP contribution < -0.4 is 10.1 Å². The van der Waals surface area contributed by atoms with Gasteiger partial charge in [0.25, 0.3) is 17.1 Å². The van der Waals surface area contributed by atoms with Gasteiger partial charge in [-0.2, -0.15) is 0 Å². The molecule has 0 aliphatic carbocycles. The number of carbonyl (C=O) groups is 4. The largest absolute Gasteiger partial charge is 0.484 e. The Balaban J connectivity index is 1.64. The first-order valence-corrected chi connectivity index (χ1v) is 11.5. The van der Waals surface area contributed by atoms with Gasteiger partial charge in [-0.05, 0) is 86.5 Å². The maximum atomic E-state index is 12.7. The Morgan fingerprint density at radius 1 is 1.12 bits per heavy atom. The molecule has 3 amide bonds. The Hall–Kier alpha value is -3.59. The number of ether oxygens (including phenoxy) is 2. The van der Waals surface area contributed by atoms with Gasteiger partial charge < -0.3 is 14.8 Å². The number of hydrogen-bond acceptors (Lipinski definition) is 7. The first-order chi connectivity index (χ1) is 16.2. The van der Waals surface area contributed by atoms with Crippen LogP contribution >= 0.6 is 11.8 Å². The second kappa shape index (κ2) is 11.0. The zero-order chi connectivity index (χ0) is 24.8. The third kappa shape index (κ3) is 6.05. The topological polar surface area (TPSA) is 102 Å². The van der Waals surface area contributed by atoms with Crippen molar-refractivity contribution >= 4 is 46.5 Å². The molecule has 1 aliphatic heterocycles. The predicted octanol–water partition coefficient (Wildman–Crippen LogP) is 4.31. The molecular weight excluding hydrogens is 456 g/mol. The molecule has 0 radical (unpaired) electrons. The number of rotatable bonds is 8. The van der Waals surface area contributed by atoms with Crippen LogP contribution in [-0.4, -0.2) is 47.2 Å². The fourth-order valence-corrected chi connectivity index (χ4v) is 4.10. The van der Waals surface area contributed by atoms with Crippen molar-refractivity contribution < 1.29 is 28.7 Å². The van der Waals surface area contributed by atoms with Crippen LogP contribution in [-0.2, 0) is 19.1 Å². The fraction of sp³-hybridized carbons (Fsp3) is 0.280. The molecule has 3 rings (SSSR count). The lowest BCUT2D eigenvalue weighted by Crippen LogP contribution is -2.42. The molecule has 2 aromatic carbocycles. The van der Waals surface area contributed by atoms with Crippen LogP contribution in [0.1, 0.15) is 30.5 Å². The molecule has 1 saturated heterocycles. The summed E-state index contributed by atoms with van der Waals surface area (Å²) in [5.41, 5.74) is 3.52. The van der Waals surface area contributed by atoms with Crippen LogP contribution in [0.5, 0.6) is 5.75 Å². The maximum Gasteiger partial charge on any atom is 0.329 e. The quantitative estimate of drug-likeness (QED) is 0.442. The van der Waals surface area contributed by atoms with Crippen LogP contribution in [0, 0.1) is 13.8 Å². The zero-order valence-electron chi connectivity index (χ0n) is 19.4. The summed E-state index contributed by atoms with van der Waals surface area (Å²) in [4.78, 5) is 50.3. The number of benzene rings is 2. The minimum absolute atomic E-state index is 0.157. The average molecular weight is 483 g/mol. The molecule has 0 spiro atoms. The highest BCUT2D eigenvalue weighted by Crippen LogP contribution is 2.34. The van der Waals surface area contributed by atoms with E-state index >= 15 is 0 Å². The van der Waals surface area contributed by atoms with Crippen molar-refractivity contribution in [2.45, 2.75) is 33.7 Å². The van der Waals surface area contributed by atoms with Crippen molar-refractivity contribution in [2.75, 3.05) is 18.5 Å². The Bertz CT molecular complexity index is 1160. The molecule has 0 saturated carbocycles. The highest BCUT2D eigenvalue weighted by atomic mass is 32.2. The molecule has 1 atom stereocenters. The van der Waals surface area contributed by atoms with Crippen LogP contribution in [0.3, 0.4) is 0 Å². The smallest absolute Gasteiger partial charge is 0.329 e. The summed E-state index contributed by atoms with van der Waals surface area (Å²) in [7, 11) is 0. The number of nitrogens with one attached hydrogen (secondary N) is 1. The zero-order valence-corrected chi connectivity index (χ0v) is 20.2. The minimum atomic E-state index is -1.01. The highest BCUT2D eigenvalue weighted by Gasteiger charge is 2.41. The third-order valence-corrected chi connectivity index (χ3v) is 6.04. The minimum Gasteiger partial charge on any atom is -0.484 e. The van der Waals surface area contributed by atoms with Gasteiger partial charge in [0.2, 0.25) is 0 Å². The fourth-order valence-electron chi connectivity index (χ4n) is 3.19. The lowest BCUT2D eigenvalue weighted by molar-refractivity contribution is -0.150. The average Bonchev–Trinajstić information content (AvgIpc) is 3.07. The van der Waals surface area contributed by atoms with E-state index in [1.54, 1.807) is 37.3 Å². The van der Waals surface area contributed by atoms with Gasteiger partial charge in [-0.3, -0.25) is 19.3 Å². The maximum absolute atomic E-state index is 12.7. The van der Waals surface area contributed by atoms with Crippen molar-refractivity contribution in [1.29, 1.82) is 0 Å². The number of thioether (sulfide) groups is 1. The summed E-state index contributed by atoms with van der Waals surface area (Å²) in [6.07, 6.45) is 1.55. The van der Waals surface area contributed by atoms with E-state index in [0.29, 0.717) is 17.0 Å². The number of imide groups is 1. The van der Waals surface area contributed by atoms with Gasteiger partial charge in [0.15, 0.2) is 6.61 Å². The van der Waals surface area contributed by atoms with E-state index in [9.17, 15) is 19.2 Å². The SMILES string of the molecule is CCOC(=O)C(C)N1C(=O)SC(=Cc2cccc(OCC(=O)Nc3ccc(C)c(C)c3)c2)C1=O. The molecule has 0 bridgehead atoms. The molecule has 0 aromatic heterocycles. The van der Waals surface area contributed by atoms with Gasteiger partial charge in [0, 0.05) is 5.69 Å². The van der Waals surface area contributed by atoms with Crippen LogP contribution in [0.15, 0.2) is 47.4 Å². The van der Waals surface area contributed by atoms with E-state index in [2.05, 4.69) is 5.32 Å². The standard InChI is InChI=1S/C25H26N2O6S/c1-5-32-24(30)17(4)27-23(29)21(34-25(27)31)13-18-7-6-8-20(12-18)33-14-22(28)26-19-10-9-15(2)16(3)11-19/h6-13,17H,5,14H2,1-4H3,(H,26,28). The number of anilines is 1. The lowest BCUT2D eigenvalue weighted by Gasteiger charge is -2.19. The molecule has 9 heteroatoms. The van der Waals surface area contributed by atoms with Gasteiger partial charge in [-0.15, -0.1) is 0 Å². The number of aryl methyl sites for hydroxylation is 2. The number of esters is 1. The van der Waals surface area contributed by atoms with E-state index in [0.717, 1.165) is 27.8 Å². The molecule has 34 heavy (non-hydrogen) atoms. The summed E-state index contributed by atoms with van der Waals surface area (Å²) in [5.74, 6) is -1.07. The monoisotopic (exact) mass is 482 g/mol. The molecule has 1 unspecified atom stereocenters. The summed E-state index contributed by atoms with van der Waals surface area (Å²) < 4.78 is 10.5. The number of amides is 3. The van der Waals surface area contributed by atoms with E-state index < -0.39 is 23.2 Å². The molecule has 1 N–H and O–H groups in total. The van der Waals surface area contributed by atoms with E-state index in [4.69, 9.17) is 9.47 Å². The molecular formula is C25H26N2O6S. The molecule has 178 valence electrons. The molecule has 1 fully saturated rings. The summed E-state index contributed by atoms with van der Waals surface area (Å²) in [6, 6.07) is 11.5. The Kier molecular flexibility index (Phi) is 8.12. The molecule has 8 nitrogen and oxygen atoms in total. The number of hydrogen-bond donors (Lipinski definition) is 1. The summed E-state index contributed by atoms with van der Waals surface area (Å²) in [6.45, 7) is 7.04. The van der Waals surface area contributed by atoms with Gasteiger partial charge in [-0.1, -0.05) is 18.2 Å². The number of carbonyl (C=O) groups excluding carboxylic acids is 4. The van der Waals surface area contributed by atoms with E-state index in [1.807, 2.05) is 32.0 Å². The molecule has 1 aliphatic rings. The number of nitrogens with zero attached hydrogens (tertiary/aromatic N) is 1. The lowest BCUT2D eigenvalue weighted by atomic mass is 10.1. The van der Waals surface area contributed by atoms with Crippen molar-refractivity contribution in [3.63, 3.8) is 0 Å². The first kappa shape index (κ1) is 25.0. The Labute approximate surface area is 202 Å². The van der Waals surface area contributed by atoms with Crippen LogP contribution in [0.2, 0.25) is 0 Å². The van der Waals surface area contributed by atoms with Crippen LogP contribution in [0.25, 0.3) is 6.08 Å². The van der Waals surface area contributed by atoms with Crippen molar-refractivity contribution in [1.82, 2.24) is 4.90 Å². The van der Waals surface area contributed by atoms with Crippen molar-refractivity contribution in [3.8, 4) is 5.75 Å². The summed E-state index contributed by atoms with van der Waals surface area (Å²) >= 11 is 0.754. The van der Waals surface area contributed by atoms with E-state index in [1.165, 1.54) is 6.92 Å². The highest BCUT2D eigenvalue weighted by molar-refractivity contribution is 8.18. The van der Waals surface area contributed by atoms with Crippen LogP contribution in [0.4, 0.5) is 10.5 Å². The summed E-state index contributed by atoms with van der Waals surface area (Å²) in [5, 5.41) is 2.26. The van der Waals surface area contributed by atoms with Gasteiger partial charge in [0.1, 0.15) is 11.8 Å². The first-order valence-electron chi connectivity index (χ1n) is 10.7. The molecule has 2 aromatic rings. The second-order valence-electron chi connectivity index (χ2n) is 7.69. The Morgan fingerprint density at radius 2 is 1.88 bits per heavy atom. The van der Waals surface area contributed by atoms with Gasteiger partial charge in [0.05, 0.1) is 11.5 Å². The third-order valence-electron chi connectivity index (χ3n) is 5.16. The van der Waals surface area contributed by atoms with Crippen molar-refractivity contribution in [2.24, 2.45) is 0 Å². The van der Waals surface area contributed by atoms with Crippen molar-refractivity contribution in [3.05, 3.63) is 64.1 Å². The van der Waals surface area contributed by atoms with E-state index in [-0.39, 0.29) is 24.0 Å². The van der Waals surface area contributed by atoms with Gasteiger partial charge in [-0.25, -0.2) is 4.79 Å². The molecule has 1 heterocycles. The second-order valence-corrected chi connectivity index (χ2v) is 8.68. The normalized spacial score (nSPS) is 15.4. The predicted molar refractivity (Wildman–Crippen MR) is 130 cm³/mol. The Morgan fingerprint density at radius 3 is 2.59 bits per heavy atom.